The Balaban J connectivity index is 1.22. The molecule has 38 heavy (non-hydrogen) atoms. The third-order valence-electron chi connectivity index (χ3n) is 8.54. The number of piperidine rings is 1. The number of amides is 1. The van der Waals surface area contributed by atoms with E-state index in [1.54, 1.807) is 6.07 Å². The van der Waals surface area contributed by atoms with E-state index in [9.17, 15) is 31.1 Å². The van der Waals surface area contributed by atoms with Gasteiger partial charge in [0, 0.05) is 38.4 Å². The molecule has 3 atom stereocenters. The first-order valence-corrected chi connectivity index (χ1v) is 13.2. The van der Waals surface area contributed by atoms with Gasteiger partial charge in [-0.25, -0.2) is 4.79 Å². The van der Waals surface area contributed by atoms with Crippen LogP contribution in [-0.4, -0.2) is 79.6 Å². The van der Waals surface area contributed by atoms with Crippen molar-refractivity contribution in [2.45, 2.75) is 76.2 Å². The maximum Gasteiger partial charge on any atom is 0.425 e. The van der Waals surface area contributed by atoms with Crippen LogP contribution in [-0.2, 0) is 22.2 Å². The predicted molar refractivity (Wildman–Crippen MR) is 127 cm³/mol. The fourth-order valence-electron chi connectivity index (χ4n) is 6.20. The molecule has 4 heterocycles. The molecule has 4 fully saturated rings. The number of fused-ring (bicyclic) bond motifs is 2. The number of alkyl halides is 6. The number of halogens is 6. The molecule has 5 rings (SSSR count). The van der Waals surface area contributed by atoms with Crippen molar-refractivity contribution in [1.82, 2.24) is 9.80 Å². The summed E-state index contributed by atoms with van der Waals surface area (Å²) in [5.41, 5.74) is 0.607. The number of benzene rings is 1. The second-order valence-corrected chi connectivity index (χ2v) is 11.2. The van der Waals surface area contributed by atoms with Crippen LogP contribution in [0.3, 0.4) is 0 Å². The number of anilines is 1. The summed E-state index contributed by atoms with van der Waals surface area (Å²) < 4.78 is 89.4. The number of nitrogens with zero attached hydrogens (tertiary/aromatic N) is 3. The molecule has 3 unspecified atom stereocenters. The number of hydrogen-bond acceptors (Lipinski definition) is 5. The van der Waals surface area contributed by atoms with Crippen molar-refractivity contribution < 1.29 is 40.6 Å². The highest BCUT2D eigenvalue weighted by Gasteiger charge is 2.45. The highest BCUT2D eigenvalue weighted by Crippen LogP contribution is 2.42. The van der Waals surface area contributed by atoms with E-state index in [0.717, 1.165) is 44.2 Å². The molecule has 4 aliphatic heterocycles. The maximum absolute atomic E-state index is 13.5. The summed E-state index contributed by atoms with van der Waals surface area (Å²) in [4.78, 5) is 17.9. The summed E-state index contributed by atoms with van der Waals surface area (Å²) >= 11 is 0. The van der Waals surface area contributed by atoms with Crippen molar-refractivity contribution in [3.05, 3.63) is 29.3 Å². The molecule has 2 bridgehead atoms. The molecule has 4 aliphatic rings. The fourth-order valence-corrected chi connectivity index (χ4v) is 6.20. The monoisotopic (exact) mass is 549 g/mol. The van der Waals surface area contributed by atoms with Gasteiger partial charge in [0.1, 0.15) is 0 Å². The lowest BCUT2D eigenvalue weighted by Crippen LogP contribution is -2.44. The third-order valence-corrected chi connectivity index (χ3v) is 8.54. The number of ether oxygens (including phenoxy) is 2. The summed E-state index contributed by atoms with van der Waals surface area (Å²) in [5.74, 6) is 0. The number of hydrogen-bond donors (Lipinski definition) is 0. The molecular weight excluding hydrogens is 516 g/mol. The second kappa shape index (κ2) is 10.1. The van der Waals surface area contributed by atoms with Gasteiger partial charge in [0.2, 0.25) is 0 Å². The lowest BCUT2D eigenvalue weighted by atomic mass is 9.77. The lowest BCUT2D eigenvalue weighted by molar-refractivity contribution is -0.199. The average molecular weight is 550 g/mol. The Hall–Kier alpha value is -2.21. The van der Waals surface area contributed by atoms with Crippen molar-refractivity contribution in [2.75, 3.05) is 44.2 Å². The van der Waals surface area contributed by atoms with Crippen LogP contribution in [0.4, 0.5) is 36.8 Å². The molecule has 0 aliphatic carbocycles. The number of carbonyl (C=O) groups excluding carboxylic acids is 1. The lowest BCUT2D eigenvalue weighted by Gasteiger charge is -2.40. The molecule has 0 N–H and O–H groups in total. The second-order valence-electron chi connectivity index (χ2n) is 11.2. The van der Waals surface area contributed by atoms with Gasteiger partial charge in [-0.05, 0) is 75.2 Å². The van der Waals surface area contributed by atoms with E-state index in [1.165, 1.54) is 11.0 Å². The molecule has 0 aromatic heterocycles. The first-order valence-electron chi connectivity index (χ1n) is 13.2. The standard InChI is InChI=1S/C26H33F6N3O3/c1-17(25(27,28)29)37-23(36)34-11-8-24(16-34)6-9-33(10-7-24)13-18-2-3-19(26(30,31)32)12-22(18)35-14-20-4-5-21(15-35)38-20/h2-3,12,17,20-21H,4-11,13-16H2,1H3. The van der Waals surface area contributed by atoms with E-state index in [1.807, 2.05) is 4.90 Å². The minimum atomic E-state index is -4.60. The zero-order valence-electron chi connectivity index (χ0n) is 21.3. The van der Waals surface area contributed by atoms with Gasteiger partial charge in [0.15, 0.2) is 6.10 Å². The summed E-state index contributed by atoms with van der Waals surface area (Å²) in [6.45, 7) is 4.57. The molecule has 1 aromatic rings. The molecule has 4 saturated heterocycles. The van der Waals surface area contributed by atoms with Gasteiger partial charge in [-0.3, -0.25) is 4.90 Å². The van der Waals surface area contributed by atoms with Crippen LogP contribution in [0.25, 0.3) is 0 Å². The highest BCUT2D eigenvalue weighted by atomic mass is 19.4. The zero-order chi connectivity index (χ0) is 27.3. The Morgan fingerprint density at radius 2 is 1.68 bits per heavy atom. The van der Waals surface area contributed by atoms with Crippen LogP contribution in [0.15, 0.2) is 18.2 Å². The number of carbonyl (C=O) groups is 1. The third kappa shape index (κ3) is 5.85. The van der Waals surface area contributed by atoms with Gasteiger partial charge in [-0.2, -0.15) is 26.3 Å². The molecular formula is C26H33F6N3O3. The fraction of sp³-hybridized carbons (Fsp3) is 0.731. The van der Waals surface area contributed by atoms with E-state index in [-0.39, 0.29) is 17.6 Å². The largest absolute Gasteiger partial charge is 0.437 e. The summed E-state index contributed by atoms with van der Waals surface area (Å²) in [5, 5.41) is 0. The van der Waals surface area contributed by atoms with Crippen LogP contribution >= 0.6 is 0 Å². The summed E-state index contributed by atoms with van der Waals surface area (Å²) in [7, 11) is 0. The molecule has 0 saturated carbocycles. The van der Waals surface area contributed by atoms with Crippen LogP contribution in [0, 0.1) is 5.41 Å². The van der Waals surface area contributed by atoms with Crippen LogP contribution in [0.1, 0.15) is 50.2 Å². The van der Waals surface area contributed by atoms with Gasteiger partial charge >= 0.3 is 18.4 Å². The normalized spacial score (nSPS) is 26.7. The van der Waals surface area contributed by atoms with Crippen molar-refractivity contribution in [1.29, 1.82) is 0 Å². The molecule has 0 radical (unpaired) electrons. The van der Waals surface area contributed by atoms with Gasteiger partial charge < -0.3 is 19.3 Å². The Morgan fingerprint density at radius 3 is 2.29 bits per heavy atom. The summed E-state index contributed by atoms with van der Waals surface area (Å²) in [6.07, 6.45) is -8.00. The first-order chi connectivity index (χ1) is 17.8. The van der Waals surface area contributed by atoms with Gasteiger partial charge in [0.05, 0.1) is 17.8 Å². The summed E-state index contributed by atoms with van der Waals surface area (Å²) in [6, 6.07) is 3.98. The van der Waals surface area contributed by atoms with Crippen molar-refractivity contribution >= 4 is 11.8 Å². The van der Waals surface area contributed by atoms with E-state index >= 15 is 0 Å². The zero-order valence-corrected chi connectivity index (χ0v) is 21.3. The van der Waals surface area contributed by atoms with E-state index < -0.39 is 30.1 Å². The average Bonchev–Trinajstić information content (AvgIpc) is 3.42. The van der Waals surface area contributed by atoms with E-state index in [2.05, 4.69) is 9.64 Å². The quantitative estimate of drug-likeness (QED) is 0.468. The minimum Gasteiger partial charge on any atom is -0.437 e. The number of morpholine rings is 1. The van der Waals surface area contributed by atoms with Crippen LogP contribution < -0.4 is 4.90 Å². The Morgan fingerprint density at radius 1 is 1.05 bits per heavy atom. The number of rotatable bonds is 4. The Kier molecular flexibility index (Phi) is 7.25. The van der Waals surface area contributed by atoms with Gasteiger partial charge in [-0.1, -0.05) is 6.07 Å². The SMILES string of the molecule is CC(OC(=O)N1CCC2(CCN(Cc3ccc(C(F)(F)F)cc3N3CC4CCC(C3)O4)CC2)C1)C(F)(F)F. The molecule has 6 nitrogen and oxygen atoms in total. The molecule has 1 amide bonds. The topological polar surface area (TPSA) is 45.2 Å². The molecule has 1 aromatic carbocycles. The van der Waals surface area contributed by atoms with Crippen molar-refractivity contribution in [3.63, 3.8) is 0 Å². The van der Waals surface area contributed by atoms with E-state index in [4.69, 9.17) is 4.74 Å². The smallest absolute Gasteiger partial charge is 0.425 e. The van der Waals surface area contributed by atoms with Gasteiger partial charge in [-0.15, -0.1) is 0 Å². The minimum absolute atomic E-state index is 0.0436. The predicted octanol–water partition coefficient (Wildman–Crippen LogP) is 5.45. The van der Waals surface area contributed by atoms with Crippen molar-refractivity contribution in [3.8, 4) is 0 Å². The van der Waals surface area contributed by atoms with Crippen molar-refractivity contribution in [2.24, 2.45) is 5.41 Å². The number of likely N-dealkylation sites (tertiary alicyclic amines) is 2. The first kappa shape index (κ1) is 27.4. The Labute approximate surface area is 217 Å². The molecule has 1 spiro atoms. The molecule has 12 heteroatoms. The molecule has 212 valence electrons. The van der Waals surface area contributed by atoms with E-state index in [0.29, 0.717) is 57.9 Å². The van der Waals surface area contributed by atoms with Crippen LogP contribution in [0.2, 0.25) is 0 Å². The maximum atomic E-state index is 13.5. The Bertz CT molecular complexity index is 1010. The highest BCUT2D eigenvalue weighted by molar-refractivity contribution is 5.68. The van der Waals surface area contributed by atoms with Crippen LogP contribution in [0.5, 0.6) is 0 Å². The van der Waals surface area contributed by atoms with Gasteiger partial charge in [0.25, 0.3) is 0 Å².